The molecule has 0 amide bonds. The number of halogens is 2. The number of nitrogens with zero attached hydrogens (tertiary/aromatic N) is 6. The van der Waals surface area contributed by atoms with Gasteiger partial charge in [0.2, 0.25) is 0 Å². The smallest absolute Gasteiger partial charge is 0.351 e. The van der Waals surface area contributed by atoms with Gasteiger partial charge in [0, 0.05) is 49.5 Å². The van der Waals surface area contributed by atoms with Gasteiger partial charge in [0.25, 0.3) is 6.08 Å². The first-order valence-corrected chi connectivity index (χ1v) is 9.83. The van der Waals surface area contributed by atoms with Crippen LogP contribution in [0.4, 0.5) is 14.5 Å². The number of nitrogens with one attached hydrogen (secondary N) is 1. The second-order valence-electron chi connectivity index (χ2n) is 7.05. The molecule has 0 atom stereocenters. The van der Waals surface area contributed by atoms with Gasteiger partial charge in [-0.15, -0.1) is 0 Å². The van der Waals surface area contributed by atoms with Crippen LogP contribution in [0.15, 0.2) is 59.4 Å². The maximum Gasteiger partial charge on any atom is 0.351 e. The number of nitrogens with two attached hydrogens (primary N) is 1. The summed E-state index contributed by atoms with van der Waals surface area (Å²) >= 11 is 0. The molecule has 3 aromatic rings. The Labute approximate surface area is 176 Å². The van der Waals surface area contributed by atoms with Crippen molar-refractivity contribution in [3.8, 4) is 17.1 Å². The fourth-order valence-corrected chi connectivity index (χ4v) is 3.35. The molecule has 0 bridgehead atoms. The molecule has 9 nitrogen and oxygen atoms in total. The van der Waals surface area contributed by atoms with Crippen molar-refractivity contribution in [1.29, 1.82) is 0 Å². The highest BCUT2D eigenvalue weighted by atomic mass is 19.3. The fraction of sp³-hybridized carbons (Fsp3) is 0.300. The normalized spacial score (nSPS) is 14.0. The summed E-state index contributed by atoms with van der Waals surface area (Å²) in [5, 5.41) is 7.20. The van der Waals surface area contributed by atoms with E-state index in [1.165, 1.54) is 12.5 Å². The summed E-state index contributed by atoms with van der Waals surface area (Å²) in [5.41, 5.74) is 7.06. The third kappa shape index (κ3) is 4.52. The zero-order valence-electron chi connectivity index (χ0n) is 16.7. The number of benzene rings is 1. The van der Waals surface area contributed by atoms with Crippen molar-refractivity contribution in [2.75, 3.05) is 37.6 Å². The Morgan fingerprint density at radius 3 is 2.45 bits per heavy atom. The minimum Gasteiger partial charge on any atom is -0.369 e. The minimum absolute atomic E-state index is 0.247. The van der Waals surface area contributed by atoms with Crippen LogP contribution < -0.4 is 21.6 Å². The molecular weight excluding hydrogens is 406 g/mol. The van der Waals surface area contributed by atoms with Crippen LogP contribution >= 0.6 is 0 Å². The van der Waals surface area contributed by atoms with Crippen LogP contribution in [0, 0.1) is 0 Å². The van der Waals surface area contributed by atoms with E-state index in [1.54, 1.807) is 6.20 Å². The van der Waals surface area contributed by atoms with E-state index >= 15 is 0 Å². The molecule has 2 aromatic heterocycles. The first kappa shape index (κ1) is 20.8. The molecule has 1 saturated heterocycles. The van der Waals surface area contributed by atoms with E-state index in [-0.39, 0.29) is 24.5 Å². The van der Waals surface area contributed by atoms with Gasteiger partial charge in [-0.3, -0.25) is 4.98 Å². The van der Waals surface area contributed by atoms with Gasteiger partial charge < -0.3 is 16.0 Å². The molecule has 0 spiro atoms. The van der Waals surface area contributed by atoms with Gasteiger partial charge in [-0.05, 0) is 12.1 Å². The predicted octanol–water partition coefficient (Wildman–Crippen LogP) is 1.01. The van der Waals surface area contributed by atoms with Gasteiger partial charge in [-0.25, -0.2) is 19.0 Å². The van der Waals surface area contributed by atoms with Crippen molar-refractivity contribution in [2.24, 2.45) is 5.73 Å². The SMILES string of the molecule is NCC(Cn1ncn(-c2cnc(-c3ccc(N4CCNCC4)cc3)cn2)c1=O)=C(F)F. The molecular formula is C20H22F2N8O. The Kier molecular flexibility index (Phi) is 6.14. The largest absolute Gasteiger partial charge is 0.369 e. The Hall–Kier alpha value is -3.44. The summed E-state index contributed by atoms with van der Waals surface area (Å²) in [6.45, 7) is 3.14. The minimum atomic E-state index is -1.91. The highest BCUT2D eigenvalue weighted by molar-refractivity contribution is 5.62. The second-order valence-corrected chi connectivity index (χ2v) is 7.05. The lowest BCUT2D eigenvalue weighted by Crippen LogP contribution is -2.43. The van der Waals surface area contributed by atoms with Crippen molar-refractivity contribution in [2.45, 2.75) is 6.54 Å². The Morgan fingerprint density at radius 1 is 1.10 bits per heavy atom. The van der Waals surface area contributed by atoms with Crippen LogP contribution in [0.2, 0.25) is 0 Å². The van der Waals surface area contributed by atoms with E-state index < -0.39 is 11.8 Å². The highest BCUT2D eigenvalue weighted by Crippen LogP contribution is 2.22. The lowest BCUT2D eigenvalue weighted by Gasteiger charge is -2.29. The zero-order valence-corrected chi connectivity index (χ0v) is 16.7. The number of hydrogen-bond acceptors (Lipinski definition) is 7. The lowest BCUT2D eigenvalue weighted by molar-refractivity contribution is 0.400. The standard InChI is InChI=1S/C20H22F2N8O/c21-19(22)15(9-23)12-30-20(31)29(13-27-30)18-11-25-17(10-26-18)14-1-3-16(4-2-14)28-7-5-24-6-8-28/h1-4,10-11,13,24H,5-9,12,23H2. The maximum absolute atomic E-state index is 12.8. The number of anilines is 1. The van der Waals surface area contributed by atoms with Gasteiger partial charge in [0.1, 0.15) is 6.33 Å². The Morgan fingerprint density at radius 2 is 1.84 bits per heavy atom. The van der Waals surface area contributed by atoms with Crippen molar-refractivity contribution in [3.63, 3.8) is 0 Å². The van der Waals surface area contributed by atoms with Crippen LogP contribution in [-0.4, -0.2) is 57.0 Å². The summed E-state index contributed by atoms with van der Waals surface area (Å²) in [4.78, 5) is 23.5. The second kappa shape index (κ2) is 9.14. The monoisotopic (exact) mass is 428 g/mol. The van der Waals surface area contributed by atoms with Crippen LogP contribution in [0.5, 0.6) is 0 Å². The summed E-state index contributed by atoms with van der Waals surface area (Å²) < 4.78 is 27.7. The molecule has 1 fully saturated rings. The molecule has 3 heterocycles. The lowest BCUT2D eigenvalue weighted by atomic mass is 10.1. The summed E-state index contributed by atoms with van der Waals surface area (Å²) in [6, 6.07) is 8.07. The fourth-order valence-electron chi connectivity index (χ4n) is 3.35. The Bertz CT molecular complexity index is 1110. The van der Waals surface area contributed by atoms with Gasteiger partial charge in [-0.2, -0.15) is 13.9 Å². The number of aromatic nitrogens is 5. The van der Waals surface area contributed by atoms with Crippen molar-refractivity contribution in [1.82, 2.24) is 29.6 Å². The molecule has 1 aliphatic heterocycles. The number of hydrogen-bond donors (Lipinski definition) is 2. The van der Waals surface area contributed by atoms with Crippen molar-refractivity contribution in [3.05, 3.63) is 65.1 Å². The maximum atomic E-state index is 12.8. The van der Waals surface area contributed by atoms with Crippen LogP contribution in [-0.2, 0) is 6.54 Å². The van der Waals surface area contributed by atoms with Crippen LogP contribution in [0.1, 0.15) is 0 Å². The van der Waals surface area contributed by atoms with E-state index in [0.717, 1.165) is 46.7 Å². The van der Waals surface area contributed by atoms with E-state index in [2.05, 4.69) is 37.4 Å². The summed E-state index contributed by atoms with van der Waals surface area (Å²) in [5.74, 6) is 0.247. The molecule has 162 valence electrons. The molecule has 11 heteroatoms. The number of piperazine rings is 1. The van der Waals surface area contributed by atoms with E-state index in [4.69, 9.17) is 5.73 Å². The molecule has 4 rings (SSSR count). The number of rotatable bonds is 6. The van der Waals surface area contributed by atoms with Crippen LogP contribution in [0.25, 0.3) is 17.1 Å². The van der Waals surface area contributed by atoms with E-state index in [0.29, 0.717) is 5.69 Å². The third-order valence-corrected chi connectivity index (χ3v) is 5.12. The first-order chi connectivity index (χ1) is 15.1. The predicted molar refractivity (Wildman–Crippen MR) is 112 cm³/mol. The topological polar surface area (TPSA) is 107 Å². The molecule has 0 radical (unpaired) electrons. The van der Waals surface area contributed by atoms with Crippen molar-refractivity contribution >= 4 is 5.69 Å². The Balaban J connectivity index is 1.51. The molecule has 1 aliphatic rings. The van der Waals surface area contributed by atoms with E-state index in [1.807, 2.05) is 12.1 Å². The van der Waals surface area contributed by atoms with Gasteiger partial charge >= 0.3 is 5.69 Å². The van der Waals surface area contributed by atoms with Crippen molar-refractivity contribution < 1.29 is 8.78 Å². The summed E-state index contributed by atoms with van der Waals surface area (Å²) in [6.07, 6.45) is 2.32. The molecule has 0 aliphatic carbocycles. The average molecular weight is 428 g/mol. The zero-order chi connectivity index (χ0) is 21.8. The molecule has 3 N–H and O–H groups in total. The molecule has 1 aromatic carbocycles. The van der Waals surface area contributed by atoms with Gasteiger partial charge in [-0.1, -0.05) is 12.1 Å². The molecule has 31 heavy (non-hydrogen) atoms. The molecule has 0 saturated carbocycles. The van der Waals surface area contributed by atoms with Crippen LogP contribution in [0.3, 0.4) is 0 Å². The average Bonchev–Trinajstić information content (AvgIpc) is 3.18. The third-order valence-electron chi connectivity index (χ3n) is 5.12. The van der Waals surface area contributed by atoms with Gasteiger partial charge in [0.15, 0.2) is 5.82 Å². The van der Waals surface area contributed by atoms with Gasteiger partial charge in [0.05, 0.1) is 24.6 Å². The first-order valence-electron chi connectivity index (χ1n) is 9.83. The highest BCUT2D eigenvalue weighted by Gasteiger charge is 2.13. The quantitative estimate of drug-likeness (QED) is 0.603. The summed E-state index contributed by atoms with van der Waals surface area (Å²) in [7, 11) is 0. The van der Waals surface area contributed by atoms with E-state index in [9.17, 15) is 13.6 Å². The molecule has 0 unspecified atom stereocenters.